The van der Waals surface area contributed by atoms with E-state index in [1.807, 2.05) is 11.6 Å². The Labute approximate surface area is 224 Å². The van der Waals surface area contributed by atoms with Crippen LogP contribution in [-0.2, 0) is 27.7 Å². The van der Waals surface area contributed by atoms with Crippen molar-refractivity contribution in [1.29, 1.82) is 0 Å². The van der Waals surface area contributed by atoms with Gasteiger partial charge in [0.2, 0.25) is 5.91 Å². The highest BCUT2D eigenvalue weighted by Gasteiger charge is 2.21. The number of amides is 2. The molecular weight excluding hydrogens is 506 g/mol. The molecule has 38 heavy (non-hydrogen) atoms. The van der Waals surface area contributed by atoms with Crippen molar-refractivity contribution < 1.29 is 27.9 Å². The summed E-state index contributed by atoms with van der Waals surface area (Å²) in [5.41, 5.74) is 0.730. The van der Waals surface area contributed by atoms with Gasteiger partial charge in [-0.1, -0.05) is 51.2 Å². The van der Waals surface area contributed by atoms with Crippen LogP contribution in [0.15, 0.2) is 41.4 Å². The molecule has 1 aliphatic carbocycles. The highest BCUT2D eigenvalue weighted by Crippen LogP contribution is 2.26. The number of carboxylic acid groups (broad SMARTS) is 1. The van der Waals surface area contributed by atoms with Gasteiger partial charge in [-0.3, -0.25) is 14.6 Å². The number of aromatic nitrogens is 1. The van der Waals surface area contributed by atoms with Crippen LogP contribution in [0.4, 0.5) is 0 Å². The Hall–Kier alpha value is -3.27. The lowest BCUT2D eigenvalue weighted by Gasteiger charge is -2.20. The molecule has 0 atom stereocenters. The van der Waals surface area contributed by atoms with Crippen LogP contribution in [0.1, 0.15) is 96.7 Å². The van der Waals surface area contributed by atoms with E-state index in [1.54, 1.807) is 12.1 Å². The summed E-state index contributed by atoms with van der Waals surface area (Å²) < 4.78 is 27.9. The second kappa shape index (κ2) is 14.0. The quantitative estimate of drug-likeness (QED) is 0.370. The van der Waals surface area contributed by atoms with Gasteiger partial charge < -0.3 is 15.2 Å². The number of aromatic carboxylic acids is 1. The molecule has 10 heteroatoms. The van der Waals surface area contributed by atoms with Gasteiger partial charge in [0.15, 0.2) is 0 Å². The Balaban J connectivity index is 1.61. The lowest BCUT2D eigenvalue weighted by molar-refractivity contribution is -0.255. The van der Waals surface area contributed by atoms with E-state index in [9.17, 15) is 27.9 Å². The van der Waals surface area contributed by atoms with Crippen molar-refractivity contribution in [2.45, 2.75) is 82.4 Å². The van der Waals surface area contributed by atoms with E-state index in [2.05, 4.69) is 10.3 Å². The number of carboxylic acids is 1. The van der Waals surface area contributed by atoms with Crippen LogP contribution in [0.25, 0.3) is 0 Å². The largest absolute Gasteiger partial charge is 0.543 e. The zero-order valence-corrected chi connectivity index (χ0v) is 22.6. The first kappa shape index (κ1) is 29.3. The molecule has 0 aliphatic heterocycles. The minimum absolute atomic E-state index is 0.0142. The number of benzene rings is 1. The molecule has 1 aromatic carbocycles. The molecule has 0 spiro atoms. The SMILES string of the molecule is CCCCCc1cc(C(=O)NS(=O)(=O)c2cccc(CCNC(=O)CC3CCCCC3)c2)cnc1C(=O)[O-]. The summed E-state index contributed by atoms with van der Waals surface area (Å²) in [6.07, 6.45) is 10.7. The maximum absolute atomic E-state index is 12.9. The fourth-order valence-electron chi connectivity index (χ4n) is 4.75. The summed E-state index contributed by atoms with van der Waals surface area (Å²) in [6.45, 7) is 2.40. The fraction of sp³-hybridized carbons (Fsp3) is 0.500. The molecule has 0 bridgehead atoms. The minimum atomic E-state index is -4.19. The Kier molecular flexibility index (Phi) is 10.8. The monoisotopic (exact) mass is 542 g/mol. The summed E-state index contributed by atoms with van der Waals surface area (Å²) >= 11 is 0. The van der Waals surface area contributed by atoms with Crippen LogP contribution in [0.5, 0.6) is 0 Å². The van der Waals surface area contributed by atoms with Crippen LogP contribution < -0.4 is 15.1 Å². The number of aryl methyl sites for hydroxylation is 1. The van der Waals surface area contributed by atoms with Crippen LogP contribution >= 0.6 is 0 Å². The van der Waals surface area contributed by atoms with Gasteiger partial charge in [0.1, 0.15) is 0 Å². The van der Waals surface area contributed by atoms with Gasteiger partial charge in [0.25, 0.3) is 15.9 Å². The van der Waals surface area contributed by atoms with Gasteiger partial charge in [-0.2, -0.15) is 0 Å². The average molecular weight is 543 g/mol. The van der Waals surface area contributed by atoms with Crippen molar-refractivity contribution in [3.63, 3.8) is 0 Å². The lowest BCUT2D eigenvalue weighted by Crippen LogP contribution is -2.31. The van der Waals surface area contributed by atoms with Crippen molar-refractivity contribution in [1.82, 2.24) is 15.0 Å². The van der Waals surface area contributed by atoms with Crippen LogP contribution in [0, 0.1) is 5.92 Å². The third-order valence-corrected chi connectivity index (χ3v) is 8.17. The normalized spacial score (nSPS) is 14.1. The standard InChI is InChI=1S/C28H37N3O6S/c1-2-3-5-12-22-18-23(19-30-26(22)28(34)35)27(33)31-38(36,37)24-13-8-11-21(16-24)14-15-29-25(32)17-20-9-6-4-7-10-20/h8,11,13,16,18-20H,2-7,9-10,12,14-15,17H2,1H3,(H,29,32)(H,31,33)(H,34,35)/p-1. The zero-order chi connectivity index (χ0) is 27.5. The first-order valence-corrected chi connectivity index (χ1v) is 14.8. The maximum atomic E-state index is 12.9. The molecule has 1 saturated carbocycles. The fourth-order valence-corrected chi connectivity index (χ4v) is 5.80. The third-order valence-electron chi connectivity index (χ3n) is 6.84. The third kappa shape index (κ3) is 8.65. The number of hydrogen-bond donors (Lipinski definition) is 2. The predicted molar refractivity (Wildman–Crippen MR) is 141 cm³/mol. The highest BCUT2D eigenvalue weighted by atomic mass is 32.2. The predicted octanol–water partition coefficient (Wildman–Crippen LogP) is 2.93. The summed E-state index contributed by atoms with van der Waals surface area (Å²) in [6, 6.07) is 7.55. The van der Waals surface area contributed by atoms with E-state index in [0.29, 0.717) is 49.3 Å². The molecule has 3 rings (SSSR count). The number of carbonyl (C=O) groups is 3. The average Bonchev–Trinajstić information content (AvgIpc) is 2.89. The second-order valence-corrected chi connectivity index (χ2v) is 11.5. The van der Waals surface area contributed by atoms with Crippen molar-refractivity contribution in [2.75, 3.05) is 6.54 Å². The number of unbranched alkanes of at least 4 members (excludes halogenated alkanes) is 2. The number of carbonyl (C=O) groups excluding carboxylic acids is 3. The first-order valence-electron chi connectivity index (χ1n) is 13.3. The van der Waals surface area contributed by atoms with Crippen LogP contribution in [0.3, 0.4) is 0 Å². The van der Waals surface area contributed by atoms with Crippen LogP contribution in [-0.4, -0.2) is 37.7 Å². The number of pyridine rings is 1. The summed E-state index contributed by atoms with van der Waals surface area (Å²) in [5.74, 6) is -1.89. The summed E-state index contributed by atoms with van der Waals surface area (Å²) in [4.78, 5) is 40.1. The van der Waals surface area contributed by atoms with Crippen molar-refractivity contribution in [3.05, 3.63) is 58.9 Å². The minimum Gasteiger partial charge on any atom is -0.543 e. The Bertz CT molecular complexity index is 1240. The molecule has 2 amide bonds. The van der Waals surface area contributed by atoms with E-state index in [4.69, 9.17) is 0 Å². The molecule has 206 valence electrons. The van der Waals surface area contributed by atoms with Gasteiger partial charge in [0, 0.05) is 19.2 Å². The first-order chi connectivity index (χ1) is 18.2. The highest BCUT2D eigenvalue weighted by molar-refractivity contribution is 7.90. The molecule has 1 fully saturated rings. The molecular formula is C28H36N3O6S-. The van der Waals surface area contributed by atoms with E-state index >= 15 is 0 Å². The Morgan fingerprint density at radius 1 is 1.05 bits per heavy atom. The summed E-state index contributed by atoms with van der Waals surface area (Å²) in [5, 5.41) is 14.3. The van der Waals surface area contributed by atoms with Crippen molar-refractivity contribution in [2.24, 2.45) is 5.92 Å². The molecule has 2 N–H and O–H groups in total. The van der Waals surface area contributed by atoms with E-state index in [0.717, 1.165) is 31.9 Å². The van der Waals surface area contributed by atoms with Gasteiger partial charge in [-0.15, -0.1) is 0 Å². The number of rotatable bonds is 13. The van der Waals surface area contributed by atoms with Gasteiger partial charge >= 0.3 is 0 Å². The van der Waals surface area contributed by atoms with E-state index in [-0.39, 0.29) is 22.1 Å². The summed E-state index contributed by atoms with van der Waals surface area (Å²) in [7, 11) is -4.19. The number of hydrogen-bond acceptors (Lipinski definition) is 7. The maximum Gasteiger partial charge on any atom is 0.266 e. The van der Waals surface area contributed by atoms with Gasteiger partial charge in [-0.05, 0) is 67.3 Å². The molecule has 2 aromatic rings. The van der Waals surface area contributed by atoms with Crippen molar-refractivity contribution in [3.8, 4) is 0 Å². The molecule has 0 radical (unpaired) electrons. The zero-order valence-electron chi connectivity index (χ0n) is 21.8. The Morgan fingerprint density at radius 2 is 1.82 bits per heavy atom. The number of nitrogens with zero attached hydrogens (tertiary/aromatic N) is 1. The molecule has 1 heterocycles. The van der Waals surface area contributed by atoms with E-state index in [1.165, 1.54) is 37.5 Å². The molecule has 1 aromatic heterocycles. The molecule has 0 saturated heterocycles. The number of nitrogens with one attached hydrogen (secondary N) is 2. The molecule has 0 unspecified atom stereocenters. The Morgan fingerprint density at radius 3 is 2.53 bits per heavy atom. The smallest absolute Gasteiger partial charge is 0.266 e. The molecule has 9 nitrogen and oxygen atoms in total. The lowest BCUT2D eigenvalue weighted by atomic mass is 9.87. The van der Waals surface area contributed by atoms with Crippen molar-refractivity contribution >= 4 is 27.8 Å². The van der Waals surface area contributed by atoms with Gasteiger partial charge in [0.05, 0.1) is 22.1 Å². The van der Waals surface area contributed by atoms with E-state index < -0.39 is 21.9 Å². The molecule has 1 aliphatic rings. The van der Waals surface area contributed by atoms with Crippen LogP contribution in [0.2, 0.25) is 0 Å². The van der Waals surface area contributed by atoms with Gasteiger partial charge in [-0.25, -0.2) is 13.1 Å². The topological polar surface area (TPSA) is 145 Å². The number of sulfonamides is 1. The second-order valence-electron chi connectivity index (χ2n) is 9.87.